The first-order valence-electron chi connectivity index (χ1n) is 8.45. The monoisotopic (exact) mass is 371 g/mol. The van der Waals surface area contributed by atoms with Crippen molar-refractivity contribution in [3.63, 3.8) is 0 Å². The van der Waals surface area contributed by atoms with Crippen LogP contribution in [0.15, 0.2) is 67.0 Å². The number of nitrogens with one attached hydrogen (secondary N) is 3. The van der Waals surface area contributed by atoms with Crippen LogP contribution in [-0.4, -0.2) is 16.8 Å². The molecule has 0 saturated heterocycles. The molecule has 28 heavy (non-hydrogen) atoms. The van der Waals surface area contributed by atoms with E-state index >= 15 is 0 Å². The first-order chi connectivity index (χ1) is 13.5. The molecule has 0 radical (unpaired) electrons. The number of amides is 2. The summed E-state index contributed by atoms with van der Waals surface area (Å²) in [5, 5.41) is 17.5. The van der Waals surface area contributed by atoms with Crippen LogP contribution in [0.25, 0.3) is 0 Å². The van der Waals surface area contributed by atoms with Crippen molar-refractivity contribution in [1.29, 1.82) is 5.26 Å². The molecule has 138 valence electrons. The molecular formula is C21H17N5O2. The topological polar surface area (TPSA) is 107 Å². The van der Waals surface area contributed by atoms with Crippen LogP contribution in [0.3, 0.4) is 0 Å². The number of carbonyl (C=O) groups is 2. The lowest BCUT2D eigenvalue weighted by Crippen LogP contribution is -2.12. The molecule has 0 aliphatic heterocycles. The summed E-state index contributed by atoms with van der Waals surface area (Å²) >= 11 is 0. The summed E-state index contributed by atoms with van der Waals surface area (Å²) in [5.41, 5.74) is 3.66. The van der Waals surface area contributed by atoms with E-state index < -0.39 is 0 Å². The summed E-state index contributed by atoms with van der Waals surface area (Å²) in [6.07, 6.45) is 3.09. The zero-order valence-electron chi connectivity index (χ0n) is 15.1. The second kappa shape index (κ2) is 8.47. The van der Waals surface area contributed by atoms with E-state index in [2.05, 4.69) is 20.9 Å². The summed E-state index contributed by atoms with van der Waals surface area (Å²) in [7, 11) is 0. The van der Waals surface area contributed by atoms with Crippen LogP contribution < -0.4 is 16.0 Å². The van der Waals surface area contributed by atoms with E-state index in [1.54, 1.807) is 48.7 Å². The van der Waals surface area contributed by atoms with Gasteiger partial charge in [-0.3, -0.25) is 14.6 Å². The fraction of sp³-hybridized carbons (Fsp3) is 0.0476. The Balaban J connectivity index is 1.68. The minimum absolute atomic E-state index is 0.133. The van der Waals surface area contributed by atoms with Crippen molar-refractivity contribution in [2.45, 2.75) is 6.92 Å². The van der Waals surface area contributed by atoms with E-state index in [9.17, 15) is 9.59 Å². The molecule has 0 fully saturated rings. The fourth-order valence-electron chi connectivity index (χ4n) is 2.47. The lowest BCUT2D eigenvalue weighted by atomic mass is 10.2. The number of hydrogen-bond donors (Lipinski definition) is 3. The zero-order valence-corrected chi connectivity index (χ0v) is 15.1. The maximum atomic E-state index is 12.4. The number of nitriles is 1. The Morgan fingerprint density at radius 1 is 0.857 bits per heavy atom. The maximum Gasteiger partial charge on any atom is 0.257 e. The van der Waals surface area contributed by atoms with Crippen molar-refractivity contribution < 1.29 is 9.59 Å². The maximum absolute atomic E-state index is 12.4. The van der Waals surface area contributed by atoms with Gasteiger partial charge in [-0.25, -0.2) is 0 Å². The second-order valence-corrected chi connectivity index (χ2v) is 5.99. The smallest absolute Gasteiger partial charge is 0.257 e. The summed E-state index contributed by atoms with van der Waals surface area (Å²) in [5.74, 6) is -0.437. The lowest BCUT2D eigenvalue weighted by molar-refractivity contribution is -0.114. The van der Waals surface area contributed by atoms with E-state index in [1.807, 2.05) is 18.2 Å². The summed E-state index contributed by atoms with van der Waals surface area (Å²) in [4.78, 5) is 27.6. The molecule has 3 N–H and O–H groups in total. The van der Waals surface area contributed by atoms with Gasteiger partial charge in [-0.05, 0) is 54.6 Å². The Hall–Kier alpha value is -4.18. The molecule has 2 amide bonds. The van der Waals surface area contributed by atoms with Gasteiger partial charge in [0, 0.05) is 30.2 Å². The number of benzene rings is 2. The molecule has 0 spiro atoms. The molecule has 0 unspecified atom stereocenters. The number of nitrogens with zero attached hydrogens (tertiary/aromatic N) is 2. The Labute approximate surface area is 162 Å². The van der Waals surface area contributed by atoms with Crippen molar-refractivity contribution in [2.24, 2.45) is 0 Å². The van der Waals surface area contributed by atoms with Crippen LogP contribution in [0, 0.1) is 11.3 Å². The molecule has 2 aromatic carbocycles. The van der Waals surface area contributed by atoms with Gasteiger partial charge in [0.05, 0.1) is 29.1 Å². The Morgan fingerprint density at radius 3 is 2.11 bits per heavy atom. The largest absolute Gasteiger partial charge is 0.354 e. The second-order valence-electron chi connectivity index (χ2n) is 5.99. The van der Waals surface area contributed by atoms with E-state index in [4.69, 9.17) is 5.26 Å². The average molecular weight is 371 g/mol. The van der Waals surface area contributed by atoms with Gasteiger partial charge in [0.2, 0.25) is 5.91 Å². The molecule has 3 rings (SSSR count). The van der Waals surface area contributed by atoms with Crippen molar-refractivity contribution >= 4 is 34.6 Å². The van der Waals surface area contributed by atoms with Gasteiger partial charge < -0.3 is 16.0 Å². The number of rotatable bonds is 5. The minimum atomic E-state index is -0.304. The van der Waals surface area contributed by atoms with Gasteiger partial charge in [0.15, 0.2) is 0 Å². The van der Waals surface area contributed by atoms with Gasteiger partial charge >= 0.3 is 0 Å². The van der Waals surface area contributed by atoms with E-state index in [-0.39, 0.29) is 11.8 Å². The fourth-order valence-corrected chi connectivity index (χ4v) is 2.47. The van der Waals surface area contributed by atoms with Crippen LogP contribution in [0.5, 0.6) is 0 Å². The average Bonchev–Trinajstić information content (AvgIpc) is 2.70. The minimum Gasteiger partial charge on any atom is -0.354 e. The van der Waals surface area contributed by atoms with Gasteiger partial charge in [0.1, 0.15) is 0 Å². The standard InChI is InChI=1S/C21H17N5O2/c1-14(27)24-17-6-8-18(9-7-17)25-20-10-16(12-23-13-20)21(28)26-19-4-2-15(11-22)3-5-19/h2-10,12-13,25H,1H3,(H,24,27)(H,26,28). The molecular weight excluding hydrogens is 354 g/mol. The molecule has 0 saturated carbocycles. The number of anilines is 4. The van der Waals surface area contributed by atoms with Crippen LogP contribution in [0.2, 0.25) is 0 Å². The van der Waals surface area contributed by atoms with Crippen LogP contribution in [0.1, 0.15) is 22.8 Å². The summed E-state index contributed by atoms with van der Waals surface area (Å²) < 4.78 is 0. The Bertz CT molecular complexity index is 1040. The van der Waals surface area contributed by atoms with E-state index in [0.29, 0.717) is 28.2 Å². The number of carbonyl (C=O) groups excluding carboxylic acids is 2. The molecule has 7 heteroatoms. The third-order valence-electron chi connectivity index (χ3n) is 3.77. The highest BCUT2D eigenvalue weighted by atomic mass is 16.2. The molecule has 7 nitrogen and oxygen atoms in total. The SMILES string of the molecule is CC(=O)Nc1ccc(Nc2cncc(C(=O)Nc3ccc(C#N)cc3)c2)cc1. The normalized spacial score (nSPS) is 9.86. The lowest BCUT2D eigenvalue weighted by Gasteiger charge is -2.10. The third kappa shape index (κ3) is 4.93. The highest BCUT2D eigenvalue weighted by Gasteiger charge is 2.08. The summed E-state index contributed by atoms with van der Waals surface area (Å²) in [6.45, 7) is 1.45. The zero-order chi connectivity index (χ0) is 19.9. The third-order valence-corrected chi connectivity index (χ3v) is 3.77. The van der Waals surface area contributed by atoms with E-state index in [1.165, 1.54) is 13.1 Å². The molecule has 1 aromatic heterocycles. The van der Waals surface area contributed by atoms with Crippen molar-refractivity contribution in [3.8, 4) is 6.07 Å². The van der Waals surface area contributed by atoms with Gasteiger partial charge in [0.25, 0.3) is 5.91 Å². The highest BCUT2D eigenvalue weighted by Crippen LogP contribution is 2.20. The predicted molar refractivity (Wildman–Crippen MR) is 107 cm³/mol. The molecule has 1 heterocycles. The van der Waals surface area contributed by atoms with Crippen molar-refractivity contribution in [1.82, 2.24) is 4.98 Å². The number of aromatic nitrogens is 1. The van der Waals surface area contributed by atoms with Crippen LogP contribution >= 0.6 is 0 Å². The van der Waals surface area contributed by atoms with Gasteiger partial charge in [-0.2, -0.15) is 5.26 Å². The Kier molecular flexibility index (Phi) is 5.63. The summed E-state index contributed by atoms with van der Waals surface area (Å²) in [6, 6.07) is 17.5. The predicted octanol–water partition coefficient (Wildman–Crippen LogP) is 3.91. The first-order valence-corrected chi connectivity index (χ1v) is 8.45. The van der Waals surface area contributed by atoms with Gasteiger partial charge in [-0.15, -0.1) is 0 Å². The molecule has 3 aromatic rings. The molecule has 0 aliphatic carbocycles. The van der Waals surface area contributed by atoms with Gasteiger partial charge in [-0.1, -0.05) is 0 Å². The first kappa shape index (κ1) is 18.6. The van der Waals surface area contributed by atoms with Crippen molar-refractivity contribution in [2.75, 3.05) is 16.0 Å². The molecule has 0 aliphatic rings. The van der Waals surface area contributed by atoms with Crippen LogP contribution in [0.4, 0.5) is 22.7 Å². The molecule has 0 bridgehead atoms. The van der Waals surface area contributed by atoms with Crippen molar-refractivity contribution in [3.05, 3.63) is 78.1 Å². The quantitative estimate of drug-likeness (QED) is 0.630. The highest BCUT2D eigenvalue weighted by molar-refractivity contribution is 6.04. The number of pyridine rings is 1. The Morgan fingerprint density at radius 2 is 1.46 bits per heavy atom. The molecule has 0 atom stereocenters. The number of hydrogen-bond acceptors (Lipinski definition) is 5. The van der Waals surface area contributed by atoms with Crippen LogP contribution in [-0.2, 0) is 4.79 Å². The van der Waals surface area contributed by atoms with E-state index in [0.717, 1.165) is 5.69 Å².